The molecular weight excluding hydrogens is 284 g/mol. The molecule has 1 nitrogen and oxygen atoms in total. The Labute approximate surface area is 122 Å². The van der Waals surface area contributed by atoms with Crippen LogP contribution in [0.5, 0.6) is 0 Å². The van der Waals surface area contributed by atoms with Gasteiger partial charge < -0.3 is 5.11 Å². The molecule has 1 aromatic rings. The highest BCUT2D eigenvalue weighted by molar-refractivity contribution is 5.28. The van der Waals surface area contributed by atoms with Crippen molar-refractivity contribution in [2.75, 3.05) is 0 Å². The molecule has 3 unspecified atom stereocenters. The van der Waals surface area contributed by atoms with E-state index in [0.29, 0.717) is 12.0 Å². The normalized spacial score (nSPS) is 24.9. The zero-order valence-electron chi connectivity index (χ0n) is 12.0. The van der Waals surface area contributed by atoms with Crippen LogP contribution in [-0.2, 0) is 6.18 Å². The Hall–Kier alpha value is -1.10. The van der Waals surface area contributed by atoms with Gasteiger partial charge in [0.25, 0.3) is 0 Å². The minimum atomic E-state index is -4.60. The maximum absolute atomic E-state index is 13.4. The Balaban J connectivity index is 2.22. The van der Waals surface area contributed by atoms with E-state index in [1.807, 2.05) is 0 Å². The van der Waals surface area contributed by atoms with Crippen LogP contribution in [0.15, 0.2) is 18.2 Å². The zero-order chi connectivity index (χ0) is 15.6. The van der Waals surface area contributed by atoms with Gasteiger partial charge in [-0.2, -0.15) is 13.2 Å². The lowest BCUT2D eigenvalue weighted by molar-refractivity contribution is -0.137. The van der Waals surface area contributed by atoms with Gasteiger partial charge in [0.2, 0.25) is 0 Å². The Kier molecular flexibility index (Phi) is 4.91. The van der Waals surface area contributed by atoms with Crippen LogP contribution in [-0.4, -0.2) is 5.11 Å². The highest BCUT2D eigenvalue weighted by Crippen LogP contribution is 2.40. The van der Waals surface area contributed by atoms with Crippen LogP contribution >= 0.6 is 0 Å². The second kappa shape index (κ2) is 6.34. The van der Waals surface area contributed by atoms with Crippen molar-refractivity contribution < 1.29 is 22.7 Å². The molecule has 21 heavy (non-hydrogen) atoms. The third-order valence-corrected chi connectivity index (χ3v) is 4.44. The van der Waals surface area contributed by atoms with E-state index in [9.17, 15) is 22.7 Å². The first-order valence-electron chi connectivity index (χ1n) is 7.37. The maximum Gasteiger partial charge on any atom is 0.416 e. The van der Waals surface area contributed by atoms with E-state index in [2.05, 4.69) is 6.92 Å². The van der Waals surface area contributed by atoms with E-state index in [1.165, 1.54) is 0 Å². The standard InChI is InChI=1S/C16H20F4O/c1-2-10-4-3-5-11(6-10)15(21)12-7-13(16(18,19)20)9-14(17)8-12/h7-11,15,21H,2-6H2,1H3. The highest BCUT2D eigenvalue weighted by Gasteiger charge is 2.33. The molecule has 2 rings (SSSR count). The summed E-state index contributed by atoms with van der Waals surface area (Å²) in [5, 5.41) is 10.3. The molecule has 0 radical (unpaired) electrons. The number of benzene rings is 1. The van der Waals surface area contributed by atoms with Gasteiger partial charge in [0.05, 0.1) is 11.7 Å². The molecule has 3 atom stereocenters. The quantitative estimate of drug-likeness (QED) is 0.771. The average molecular weight is 304 g/mol. The van der Waals surface area contributed by atoms with E-state index < -0.39 is 23.7 Å². The zero-order valence-corrected chi connectivity index (χ0v) is 12.0. The molecule has 0 bridgehead atoms. The van der Waals surface area contributed by atoms with Crippen molar-refractivity contribution in [3.05, 3.63) is 35.1 Å². The third-order valence-electron chi connectivity index (χ3n) is 4.44. The van der Waals surface area contributed by atoms with Crippen LogP contribution in [0.25, 0.3) is 0 Å². The molecule has 0 aliphatic heterocycles. The Morgan fingerprint density at radius 1 is 1.24 bits per heavy atom. The minimum Gasteiger partial charge on any atom is -0.388 e. The number of halogens is 4. The molecule has 0 saturated heterocycles. The van der Waals surface area contributed by atoms with Crippen LogP contribution in [0.4, 0.5) is 17.6 Å². The summed E-state index contributed by atoms with van der Waals surface area (Å²) in [5.74, 6) is -0.553. The average Bonchev–Trinajstić information content (AvgIpc) is 2.45. The summed E-state index contributed by atoms with van der Waals surface area (Å²) in [6.07, 6.45) is -1.02. The third kappa shape index (κ3) is 3.96. The molecule has 118 valence electrons. The molecule has 0 spiro atoms. The summed E-state index contributed by atoms with van der Waals surface area (Å²) in [6.45, 7) is 2.07. The van der Waals surface area contributed by atoms with Gasteiger partial charge in [0.1, 0.15) is 5.82 Å². The van der Waals surface area contributed by atoms with Crippen molar-refractivity contribution in [1.82, 2.24) is 0 Å². The predicted octanol–water partition coefficient (Wildman–Crippen LogP) is 5.09. The van der Waals surface area contributed by atoms with Gasteiger partial charge in [0, 0.05) is 0 Å². The van der Waals surface area contributed by atoms with Gasteiger partial charge in [-0.25, -0.2) is 4.39 Å². The molecule has 5 heteroatoms. The second-order valence-corrected chi connectivity index (χ2v) is 5.92. The first kappa shape index (κ1) is 16.3. The van der Waals surface area contributed by atoms with E-state index in [0.717, 1.165) is 44.2 Å². The smallest absolute Gasteiger partial charge is 0.388 e. The topological polar surface area (TPSA) is 20.2 Å². The fourth-order valence-electron chi connectivity index (χ4n) is 3.21. The number of rotatable bonds is 3. The minimum absolute atomic E-state index is 0.0316. The highest BCUT2D eigenvalue weighted by atomic mass is 19.4. The Morgan fingerprint density at radius 3 is 2.57 bits per heavy atom. The molecule has 0 aromatic heterocycles. The van der Waals surface area contributed by atoms with Gasteiger partial charge in [-0.1, -0.05) is 26.2 Å². The van der Waals surface area contributed by atoms with E-state index in [4.69, 9.17) is 0 Å². The number of hydrogen-bond acceptors (Lipinski definition) is 1. The fraction of sp³-hybridized carbons (Fsp3) is 0.625. The van der Waals surface area contributed by atoms with Crippen molar-refractivity contribution in [2.45, 2.75) is 51.3 Å². The SMILES string of the molecule is CCC1CCCC(C(O)c2cc(F)cc(C(F)(F)F)c2)C1. The van der Waals surface area contributed by atoms with Gasteiger partial charge >= 0.3 is 6.18 Å². The fourth-order valence-corrected chi connectivity index (χ4v) is 3.21. The largest absolute Gasteiger partial charge is 0.416 e. The predicted molar refractivity (Wildman–Crippen MR) is 72.1 cm³/mol. The lowest BCUT2D eigenvalue weighted by atomic mass is 9.76. The van der Waals surface area contributed by atoms with Gasteiger partial charge in [-0.05, 0) is 48.4 Å². The van der Waals surface area contributed by atoms with Gasteiger partial charge in [-0.15, -0.1) is 0 Å². The monoisotopic (exact) mass is 304 g/mol. The van der Waals surface area contributed by atoms with Crippen LogP contribution in [0.3, 0.4) is 0 Å². The van der Waals surface area contributed by atoms with Crippen LogP contribution < -0.4 is 0 Å². The molecule has 1 fully saturated rings. The number of aliphatic hydroxyl groups excluding tert-OH is 1. The van der Waals surface area contributed by atoms with Crippen molar-refractivity contribution in [2.24, 2.45) is 11.8 Å². The lowest BCUT2D eigenvalue weighted by Crippen LogP contribution is -2.21. The molecule has 0 amide bonds. The van der Waals surface area contributed by atoms with Crippen molar-refractivity contribution in [3.63, 3.8) is 0 Å². The number of hydrogen-bond donors (Lipinski definition) is 1. The summed E-state index contributed by atoms with van der Waals surface area (Å²) >= 11 is 0. The molecule has 1 N–H and O–H groups in total. The first-order valence-corrected chi connectivity index (χ1v) is 7.37. The molecule has 1 aliphatic rings. The van der Waals surface area contributed by atoms with Gasteiger partial charge in [0.15, 0.2) is 0 Å². The summed E-state index contributed by atoms with van der Waals surface area (Å²) < 4.78 is 51.6. The van der Waals surface area contributed by atoms with E-state index in [1.54, 1.807) is 0 Å². The van der Waals surface area contributed by atoms with Crippen LogP contribution in [0.2, 0.25) is 0 Å². The summed E-state index contributed by atoms with van der Waals surface area (Å²) in [7, 11) is 0. The van der Waals surface area contributed by atoms with Crippen molar-refractivity contribution in [3.8, 4) is 0 Å². The Bertz CT molecular complexity index is 484. The Morgan fingerprint density at radius 2 is 1.95 bits per heavy atom. The van der Waals surface area contributed by atoms with Crippen molar-refractivity contribution in [1.29, 1.82) is 0 Å². The molecule has 1 aromatic carbocycles. The van der Waals surface area contributed by atoms with Crippen LogP contribution in [0.1, 0.15) is 56.3 Å². The number of aliphatic hydroxyl groups is 1. The molecule has 0 heterocycles. The number of alkyl halides is 3. The summed E-state index contributed by atoms with van der Waals surface area (Å²) in [5.41, 5.74) is -1.01. The van der Waals surface area contributed by atoms with E-state index >= 15 is 0 Å². The van der Waals surface area contributed by atoms with Gasteiger partial charge in [-0.3, -0.25) is 0 Å². The molecular formula is C16H20F4O. The van der Waals surface area contributed by atoms with Crippen LogP contribution in [0, 0.1) is 17.7 Å². The summed E-state index contributed by atoms with van der Waals surface area (Å²) in [4.78, 5) is 0. The van der Waals surface area contributed by atoms with Crippen molar-refractivity contribution >= 4 is 0 Å². The van der Waals surface area contributed by atoms with E-state index in [-0.39, 0.29) is 11.5 Å². The molecule has 1 saturated carbocycles. The maximum atomic E-state index is 13.4. The first-order chi connectivity index (χ1) is 9.81. The second-order valence-electron chi connectivity index (χ2n) is 5.92. The molecule has 1 aliphatic carbocycles. The summed E-state index contributed by atoms with van der Waals surface area (Å²) in [6, 6.07) is 2.34. The lowest BCUT2D eigenvalue weighted by Gasteiger charge is -2.32.